The molecule has 0 amide bonds. The molecule has 0 N–H and O–H groups in total. The van der Waals surface area contributed by atoms with Crippen LogP contribution in [0.4, 0.5) is 0 Å². The zero-order chi connectivity index (χ0) is 20.0. The number of nitrogens with zero attached hydrogens (tertiary/aromatic N) is 3. The number of thioether (sulfide) groups is 1. The number of carbonyl (C=O) groups excluding carboxylic acids is 1. The van der Waals surface area contributed by atoms with E-state index in [0.29, 0.717) is 24.1 Å². The van der Waals surface area contributed by atoms with Crippen molar-refractivity contribution in [2.75, 3.05) is 6.61 Å². The summed E-state index contributed by atoms with van der Waals surface area (Å²) in [6.07, 6.45) is 0. The Labute approximate surface area is 164 Å². The quantitative estimate of drug-likeness (QED) is 0.463. The molecule has 2 rings (SSSR count). The van der Waals surface area contributed by atoms with Crippen molar-refractivity contribution in [1.82, 2.24) is 14.8 Å². The normalized spacial score (nSPS) is 12.9. The number of rotatable bonds is 9. The Morgan fingerprint density at radius 3 is 2.44 bits per heavy atom. The van der Waals surface area contributed by atoms with Gasteiger partial charge in [-0.15, -0.1) is 10.2 Å². The third-order valence-corrected chi connectivity index (χ3v) is 6.39. The molecule has 1 heterocycles. The second-order valence-electron chi connectivity index (χ2n) is 6.50. The summed E-state index contributed by atoms with van der Waals surface area (Å²) in [4.78, 5) is 12.3. The molecule has 0 bridgehead atoms. The van der Waals surface area contributed by atoms with E-state index in [0.717, 1.165) is 0 Å². The van der Waals surface area contributed by atoms with Crippen LogP contribution in [-0.2, 0) is 31.7 Å². The van der Waals surface area contributed by atoms with Gasteiger partial charge in [-0.25, -0.2) is 8.42 Å². The number of sulfone groups is 1. The molecule has 0 aliphatic heterocycles. The molecule has 0 radical (unpaired) electrons. The molecule has 1 aromatic carbocycles. The zero-order valence-electron chi connectivity index (χ0n) is 16.0. The van der Waals surface area contributed by atoms with E-state index in [1.165, 1.54) is 11.8 Å². The highest BCUT2D eigenvalue weighted by Gasteiger charge is 2.24. The Bertz CT molecular complexity index is 864. The topological polar surface area (TPSA) is 91.1 Å². The molecule has 2 aromatic rings. The van der Waals surface area contributed by atoms with Crippen LogP contribution in [-0.4, -0.2) is 41.0 Å². The van der Waals surface area contributed by atoms with Gasteiger partial charge in [0.15, 0.2) is 15.0 Å². The van der Waals surface area contributed by atoms with E-state index >= 15 is 0 Å². The van der Waals surface area contributed by atoms with E-state index < -0.39 is 15.1 Å². The van der Waals surface area contributed by atoms with Gasteiger partial charge in [-0.1, -0.05) is 43.8 Å². The highest BCUT2D eigenvalue weighted by atomic mass is 32.2. The van der Waals surface area contributed by atoms with Crippen molar-refractivity contribution in [1.29, 1.82) is 0 Å². The Morgan fingerprint density at radius 1 is 1.19 bits per heavy atom. The molecule has 9 heteroatoms. The molecular formula is C18H25N3O4S2. The molecule has 0 fully saturated rings. The van der Waals surface area contributed by atoms with E-state index in [-0.39, 0.29) is 22.5 Å². The SMILES string of the molecule is CCn1c(CS(=O)(=O)c2ccccc2)nnc1SC(C)C(=O)OCC(C)C. The molecule has 0 aliphatic carbocycles. The monoisotopic (exact) mass is 411 g/mol. The molecular weight excluding hydrogens is 386 g/mol. The lowest BCUT2D eigenvalue weighted by atomic mass is 10.2. The molecule has 148 valence electrons. The second-order valence-corrected chi connectivity index (χ2v) is 9.80. The third-order valence-electron chi connectivity index (χ3n) is 3.70. The molecule has 1 aromatic heterocycles. The van der Waals surface area contributed by atoms with Crippen LogP contribution in [0.15, 0.2) is 40.4 Å². The second kappa shape index (κ2) is 9.36. The maximum Gasteiger partial charge on any atom is 0.319 e. The Morgan fingerprint density at radius 2 is 1.85 bits per heavy atom. The summed E-state index contributed by atoms with van der Waals surface area (Å²) in [5.74, 6) is 0.0505. The van der Waals surface area contributed by atoms with E-state index in [1.807, 2.05) is 20.8 Å². The number of carbonyl (C=O) groups is 1. The van der Waals surface area contributed by atoms with Gasteiger partial charge in [0.05, 0.1) is 11.5 Å². The fourth-order valence-electron chi connectivity index (χ4n) is 2.28. The minimum Gasteiger partial charge on any atom is -0.465 e. The summed E-state index contributed by atoms with van der Waals surface area (Å²) in [6, 6.07) is 8.25. The number of benzene rings is 1. The Balaban J connectivity index is 2.13. The van der Waals surface area contributed by atoms with Gasteiger partial charge in [0, 0.05) is 6.54 Å². The summed E-state index contributed by atoms with van der Waals surface area (Å²) < 4.78 is 32.2. The van der Waals surface area contributed by atoms with Crippen LogP contribution in [0.1, 0.15) is 33.5 Å². The van der Waals surface area contributed by atoms with Gasteiger partial charge < -0.3 is 9.30 Å². The zero-order valence-corrected chi connectivity index (χ0v) is 17.6. The molecule has 0 saturated carbocycles. The predicted octanol–water partition coefficient (Wildman–Crippen LogP) is 2.95. The van der Waals surface area contributed by atoms with E-state index in [2.05, 4.69) is 10.2 Å². The van der Waals surface area contributed by atoms with Crippen molar-refractivity contribution in [2.45, 2.75) is 55.3 Å². The smallest absolute Gasteiger partial charge is 0.319 e. The lowest BCUT2D eigenvalue weighted by molar-refractivity contribution is -0.143. The molecule has 0 saturated heterocycles. The van der Waals surface area contributed by atoms with Gasteiger partial charge in [0.25, 0.3) is 0 Å². The predicted molar refractivity (Wildman–Crippen MR) is 104 cm³/mol. The number of hydrogen-bond donors (Lipinski definition) is 0. The van der Waals surface area contributed by atoms with Crippen molar-refractivity contribution < 1.29 is 17.9 Å². The summed E-state index contributed by atoms with van der Waals surface area (Å²) in [5, 5.41) is 8.17. The van der Waals surface area contributed by atoms with Crippen molar-refractivity contribution in [3.05, 3.63) is 36.2 Å². The van der Waals surface area contributed by atoms with Gasteiger partial charge in [-0.05, 0) is 31.9 Å². The average molecular weight is 412 g/mol. The van der Waals surface area contributed by atoms with E-state index in [9.17, 15) is 13.2 Å². The number of aromatic nitrogens is 3. The highest BCUT2D eigenvalue weighted by molar-refractivity contribution is 8.00. The van der Waals surface area contributed by atoms with E-state index in [4.69, 9.17) is 4.74 Å². The first-order valence-corrected chi connectivity index (χ1v) is 11.3. The minimum atomic E-state index is -3.52. The lowest BCUT2D eigenvalue weighted by Crippen LogP contribution is -2.20. The summed E-state index contributed by atoms with van der Waals surface area (Å²) >= 11 is 1.22. The average Bonchev–Trinajstić information content (AvgIpc) is 3.00. The first kappa shape index (κ1) is 21.4. The van der Waals surface area contributed by atoms with Gasteiger partial charge in [0.2, 0.25) is 0 Å². The first-order valence-electron chi connectivity index (χ1n) is 8.77. The highest BCUT2D eigenvalue weighted by Crippen LogP contribution is 2.25. The van der Waals surface area contributed by atoms with E-state index in [1.54, 1.807) is 41.8 Å². The first-order chi connectivity index (χ1) is 12.7. The maximum atomic E-state index is 12.6. The standard InChI is InChI=1S/C18H25N3O4S2/c1-5-21-16(12-27(23,24)15-9-7-6-8-10-15)19-20-18(21)26-14(4)17(22)25-11-13(2)3/h6-10,13-14H,5,11-12H2,1-4H3. The van der Waals surface area contributed by atoms with Gasteiger partial charge in [0.1, 0.15) is 16.8 Å². The van der Waals surface area contributed by atoms with Crippen molar-refractivity contribution in [3.63, 3.8) is 0 Å². The lowest BCUT2D eigenvalue weighted by Gasteiger charge is -2.13. The van der Waals surface area contributed by atoms with Crippen LogP contribution < -0.4 is 0 Å². The fourth-order valence-corrected chi connectivity index (χ4v) is 4.51. The van der Waals surface area contributed by atoms with Gasteiger partial charge in [-0.2, -0.15) is 0 Å². The van der Waals surface area contributed by atoms with Crippen LogP contribution in [0.25, 0.3) is 0 Å². The molecule has 0 spiro atoms. The van der Waals surface area contributed by atoms with Crippen LogP contribution in [0.2, 0.25) is 0 Å². The number of esters is 1. The molecule has 1 unspecified atom stereocenters. The fraction of sp³-hybridized carbons (Fsp3) is 0.500. The van der Waals surface area contributed by atoms with Crippen LogP contribution in [0, 0.1) is 5.92 Å². The van der Waals surface area contributed by atoms with Crippen LogP contribution in [0.3, 0.4) is 0 Å². The summed E-state index contributed by atoms with van der Waals surface area (Å²) in [5.41, 5.74) is 0. The van der Waals surface area contributed by atoms with Crippen molar-refractivity contribution in [2.24, 2.45) is 5.92 Å². The Hall–Kier alpha value is -1.87. The third kappa shape index (κ3) is 5.80. The number of hydrogen-bond acceptors (Lipinski definition) is 7. The molecule has 1 atom stereocenters. The van der Waals surface area contributed by atoms with Crippen molar-refractivity contribution in [3.8, 4) is 0 Å². The largest absolute Gasteiger partial charge is 0.465 e. The minimum absolute atomic E-state index is 0.245. The summed E-state index contributed by atoms with van der Waals surface area (Å²) in [6.45, 7) is 8.43. The van der Waals surface area contributed by atoms with Crippen LogP contribution in [0.5, 0.6) is 0 Å². The van der Waals surface area contributed by atoms with Crippen LogP contribution >= 0.6 is 11.8 Å². The summed E-state index contributed by atoms with van der Waals surface area (Å²) in [7, 11) is -3.52. The van der Waals surface area contributed by atoms with Gasteiger partial charge >= 0.3 is 5.97 Å². The van der Waals surface area contributed by atoms with Gasteiger partial charge in [-0.3, -0.25) is 4.79 Å². The molecule has 7 nitrogen and oxygen atoms in total. The van der Waals surface area contributed by atoms with Crippen molar-refractivity contribution >= 4 is 27.6 Å². The maximum absolute atomic E-state index is 12.6. The number of ether oxygens (including phenoxy) is 1. The molecule has 0 aliphatic rings. The Kier molecular flexibility index (Phi) is 7.43. The molecule has 27 heavy (non-hydrogen) atoms.